The molecule has 2 atom stereocenters. The minimum atomic E-state index is -0.235. The first-order valence-corrected chi connectivity index (χ1v) is 7.05. The molecule has 0 unspecified atom stereocenters. The number of methoxy groups -OCH3 is 1. The van der Waals surface area contributed by atoms with Crippen molar-refractivity contribution in [2.24, 2.45) is 0 Å². The van der Waals surface area contributed by atoms with Crippen LogP contribution in [0.4, 0.5) is 0 Å². The number of nitrogens with one attached hydrogen (secondary N) is 2. The van der Waals surface area contributed by atoms with Crippen molar-refractivity contribution in [3.05, 3.63) is 29.6 Å². The summed E-state index contributed by atoms with van der Waals surface area (Å²) >= 11 is 0. The molecule has 1 fully saturated rings. The van der Waals surface area contributed by atoms with Crippen LogP contribution in [0.15, 0.2) is 18.2 Å². The van der Waals surface area contributed by atoms with Crippen molar-refractivity contribution in [2.45, 2.75) is 25.5 Å². The fourth-order valence-corrected chi connectivity index (χ4v) is 2.60. The number of aromatic amines is 1. The Labute approximate surface area is 122 Å². The van der Waals surface area contributed by atoms with Gasteiger partial charge >= 0.3 is 0 Å². The minimum absolute atomic E-state index is 0.0191. The van der Waals surface area contributed by atoms with E-state index in [4.69, 9.17) is 9.47 Å². The number of nitrogens with zero attached hydrogens (tertiary/aromatic N) is 1. The van der Waals surface area contributed by atoms with E-state index in [0.29, 0.717) is 19.0 Å². The van der Waals surface area contributed by atoms with Crippen molar-refractivity contribution in [3.63, 3.8) is 0 Å². The van der Waals surface area contributed by atoms with Crippen molar-refractivity contribution in [2.75, 3.05) is 20.3 Å². The Morgan fingerprint density at radius 3 is 3.19 bits per heavy atom. The summed E-state index contributed by atoms with van der Waals surface area (Å²) in [7, 11) is 1.65. The largest absolute Gasteiger partial charge is 0.379 e. The standard InChI is InChI=1S/C15H19N3O3/c1-9-3-4-10-11(7-9)17-14(16-10)15(19)18-12-8-21-6-5-13(12)20-2/h3-4,7,12-13H,5-6,8H2,1-2H3,(H,16,17)(H,18,19)/t12-,13-/m1/s1. The second kappa shape index (κ2) is 5.83. The second-order valence-corrected chi connectivity index (χ2v) is 5.32. The number of ether oxygens (including phenoxy) is 2. The fraction of sp³-hybridized carbons (Fsp3) is 0.467. The lowest BCUT2D eigenvalue weighted by Gasteiger charge is -2.30. The van der Waals surface area contributed by atoms with Gasteiger partial charge in [-0.15, -0.1) is 0 Å². The zero-order valence-electron chi connectivity index (χ0n) is 12.2. The number of benzene rings is 1. The van der Waals surface area contributed by atoms with Gasteiger partial charge in [0.2, 0.25) is 0 Å². The average molecular weight is 289 g/mol. The lowest BCUT2D eigenvalue weighted by molar-refractivity contribution is -0.0350. The lowest BCUT2D eigenvalue weighted by Crippen LogP contribution is -2.50. The topological polar surface area (TPSA) is 76.2 Å². The number of fused-ring (bicyclic) bond motifs is 1. The number of carbonyl (C=O) groups is 1. The maximum absolute atomic E-state index is 12.3. The molecule has 0 spiro atoms. The lowest BCUT2D eigenvalue weighted by atomic mass is 10.1. The molecule has 3 rings (SSSR count). The number of hydrogen-bond acceptors (Lipinski definition) is 4. The van der Waals surface area contributed by atoms with Crippen molar-refractivity contribution >= 4 is 16.9 Å². The Kier molecular flexibility index (Phi) is 3.90. The molecule has 0 saturated carbocycles. The number of imidazole rings is 1. The van der Waals surface area contributed by atoms with Gasteiger partial charge in [-0.1, -0.05) is 6.07 Å². The predicted molar refractivity (Wildman–Crippen MR) is 78.3 cm³/mol. The first kappa shape index (κ1) is 14.0. The van der Waals surface area contributed by atoms with E-state index in [2.05, 4.69) is 15.3 Å². The molecule has 2 aromatic rings. The number of aryl methyl sites for hydroxylation is 1. The van der Waals surface area contributed by atoms with Gasteiger partial charge in [-0.05, 0) is 31.0 Å². The molecule has 0 aliphatic carbocycles. The van der Waals surface area contributed by atoms with E-state index in [9.17, 15) is 4.79 Å². The van der Waals surface area contributed by atoms with Gasteiger partial charge in [0.25, 0.3) is 5.91 Å². The van der Waals surface area contributed by atoms with Gasteiger partial charge in [-0.2, -0.15) is 0 Å². The van der Waals surface area contributed by atoms with E-state index in [0.717, 1.165) is 23.0 Å². The summed E-state index contributed by atoms with van der Waals surface area (Å²) in [5.74, 6) is 0.0810. The summed E-state index contributed by atoms with van der Waals surface area (Å²) in [6, 6.07) is 5.70. The molecule has 0 bridgehead atoms. The highest BCUT2D eigenvalue weighted by Crippen LogP contribution is 2.15. The molecule has 1 saturated heterocycles. The highest BCUT2D eigenvalue weighted by atomic mass is 16.5. The Hall–Kier alpha value is -1.92. The van der Waals surface area contributed by atoms with Crippen LogP contribution in [0.2, 0.25) is 0 Å². The van der Waals surface area contributed by atoms with Gasteiger partial charge in [0.15, 0.2) is 5.82 Å². The highest BCUT2D eigenvalue weighted by molar-refractivity contribution is 5.94. The summed E-state index contributed by atoms with van der Waals surface area (Å²) in [5, 5.41) is 2.93. The number of rotatable bonds is 3. The van der Waals surface area contributed by atoms with E-state index in [-0.39, 0.29) is 18.1 Å². The third-order valence-corrected chi connectivity index (χ3v) is 3.76. The van der Waals surface area contributed by atoms with Crippen molar-refractivity contribution in [1.29, 1.82) is 0 Å². The summed E-state index contributed by atoms with van der Waals surface area (Å²) in [5.41, 5.74) is 2.77. The summed E-state index contributed by atoms with van der Waals surface area (Å²) in [4.78, 5) is 19.7. The molecule has 2 N–H and O–H groups in total. The first-order valence-electron chi connectivity index (χ1n) is 7.05. The number of carbonyl (C=O) groups excluding carboxylic acids is 1. The SMILES string of the molecule is CO[C@@H]1CCOC[C@H]1NC(=O)c1nc2ccc(C)cc2[nH]1. The van der Waals surface area contributed by atoms with Crippen molar-refractivity contribution < 1.29 is 14.3 Å². The van der Waals surface area contributed by atoms with Crippen LogP contribution in [0, 0.1) is 6.92 Å². The molecule has 1 aliphatic heterocycles. The van der Waals surface area contributed by atoms with Crippen LogP contribution in [0.1, 0.15) is 22.6 Å². The summed E-state index contributed by atoms with van der Waals surface area (Å²) in [6.45, 7) is 3.13. The van der Waals surface area contributed by atoms with Crippen LogP contribution >= 0.6 is 0 Å². The maximum atomic E-state index is 12.3. The monoisotopic (exact) mass is 289 g/mol. The molecule has 1 amide bonds. The van der Waals surface area contributed by atoms with E-state index in [1.54, 1.807) is 7.11 Å². The summed E-state index contributed by atoms with van der Waals surface area (Å²) in [6.07, 6.45) is 0.759. The van der Waals surface area contributed by atoms with E-state index in [1.165, 1.54) is 0 Å². The predicted octanol–water partition coefficient (Wildman–Crippen LogP) is 1.41. The van der Waals surface area contributed by atoms with Crippen LogP contribution in [-0.2, 0) is 9.47 Å². The highest BCUT2D eigenvalue weighted by Gasteiger charge is 2.28. The molecule has 1 aromatic heterocycles. The van der Waals surface area contributed by atoms with Gasteiger partial charge in [0.05, 0.1) is 29.8 Å². The number of H-pyrrole nitrogens is 1. The van der Waals surface area contributed by atoms with Crippen LogP contribution in [0.5, 0.6) is 0 Å². The fourth-order valence-electron chi connectivity index (χ4n) is 2.60. The van der Waals surface area contributed by atoms with Crippen LogP contribution < -0.4 is 5.32 Å². The smallest absolute Gasteiger partial charge is 0.287 e. The van der Waals surface area contributed by atoms with Crippen molar-refractivity contribution in [1.82, 2.24) is 15.3 Å². The molecule has 6 nitrogen and oxygen atoms in total. The van der Waals surface area contributed by atoms with Gasteiger partial charge in [-0.25, -0.2) is 4.98 Å². The molecular weight excluding hydrogens is 270 g/mol. The molecule has 112 valence electrons. The third kappa shape index (κ3) is 2.91. The maximum Gasteiger partial charge on any atom is 0.287 e. The quantitative estimate of drug-likeness (QED) is 0.895. The summed E-state index contributed by atoms with van der Waals surface area (Å²) < 4.78 is 10.8. The van der Waals surface area contributed by atoms with Crippen LogP contribution in [-0.4, -0.2) is 48.3 Å². The Morgan fingerprint density at radius 1 is 1.52 bits per heavy atom. The zero-order valence-corrected chi connectivity index (χ0v) is 12.2. The molecule has 2 heterocycles. The number of amides is 1. The van der Waals surface area contributed by atoms with Gasteiger partial charge in [-0.3, -0.25) is 4.79 Å². The van der Waals surface area contributed by atoms with E-state index >= 15 is 0 Å². The normalized spacial score (nSPS) is 22.4. The van der Waals surface area contributed by atoms with E-state index < -0.39 is 0 Å². The molecular formula is C15H19N3O3. The van der Waals surface area contributed by atoms with Crippen LogP contribution in [0.25, 0.3) is 11.0 Å². The average Bonchev–Trinajstić information content (AvgIpc) is 2.91. The molecule has 21 heavy (non-hydrogen) atoms. The molecule has 1 aromatic carbocycles. The first-order chi connectivity index (χ1) is 10.2. The van der Waals surface area contributed by atoms with Gasteiger partial charge < -0.3 is 19.8 Å². The Morgan fingerprint density at radius 2 is 2.38 bits per heavy atom. The second-order valence-electron chi connectivity index (χ2n) is 5.32. The number of hydrogen-bond donors (Lipinski definition) is 2. The minimum Gasteiger partial charge on any atom is -0.379 e. The van der Waals surface area contributed by atoms with Gasteiger partial charge in [0, 0.05) is 13.7 Å². The molecule has 0 radical (unpaired) electrons. The van der Waals surface area contributed by atoms with Gasteiger partial charge in [0.1, 0.15) is 0 Å². The van der Waals surface area contributed by atoms with E-state index in [1.807, 2.05) is 25.1 Å². The molecule has 1 aliphatic rings. The van der Waals surface area contributed by atoms with Crippen molar-refractivity contribution in [3.8, 4) is 0 Å². The molecule has 6 heteroatoms. The van der Waals surface area contributed by atoms with Crippen LogP contribution in [0.3, 0.4) is 0 Å². The zero-order chi connectivity index (χ0) is 14.8. The third-order valence-electron chi connectivity index (χ3n) is 3.76. The Bertz CT molecular complexity index is 653. The Balaban J connectivity index is 1.77. The number of aromatic nitrogens is 2.